The highest BCUT2D eigenvalue weighted by atomic mass is 16.1. The van der Waals surface area contributed by atoms with Crippen LogP contribution in [0.25, 0.3) is 0 Å². The minimum Gasteiger partial charge on any atom is -0.352 e. The van der Waals surface area contributed by atoms with E-state index in [2.05, 4.69) is 72.0 Å². The Balaban J connectivity index is 1.65. The first kappa shape index (κ1) is 25.8. The Hall–Kier alpha value is -1.83. The van der Waals surface area contributed by atoms with E-state index in [1.165, 1.54) is 66.4 Å². The van der Waals surface area contributed by atoms with Crippen LogP contribution in [-0.2, 0) is 22.0 Å². The molecule has 0 unspecified atom stereocenters. The normalized spacial score (nSPS) is 24.8. The second-order valence-electron chi connectivity index (χ2n) is 12.5. The van der Waals surface area contributed by atoms with Crippen molar-refractivity contribution in [2.45, 2.75) is 111 Å². The molecule has 33 heavy (non-hydrogen) atoms. The third-order valence-corrected chi connectivity index (χ3v) is 8.44. The average molecular weight is 450 g/mol. The molecule has 0 bridgehead atoms. The minimum atomic E-state index is 0.0756. The summed E-state index contributed by atoms with van der Waals surface area (Å²) in [5.74, 6) is 1.58. The van der Waals surface area contributed by atoms with Crippen molar-refractivity contribution in [3.05, 3.63) is 57.7 Å². The summed E-state index contributed by atoms with van der Waals surface area (Å²) in [6.45, 7) is 19.1. The smallest absolute Gasteiger partial charge is 0.246 e. The van der Waals surface area contributed by atoms with Crippen molar-refractivity contribution in [1.82, 2.24) is 5.32 Å². The van der Waals surface area contributed by atoms with Crippen LogP contribution in [0.4, 0.5) is 0 Å². The fourth-order valence-corrected chi connectivity index (χ4v) is 5.57. The zero-order chi connectivity index (χ0) is 24.4. The highest BCUT2D eigenvalue weighted by Crippen LogP contribution is 2.46. The first-order valence-corrected chi connectivity index (χ1v) is 13.2. The average Bonchev–Trinajstić information content (AvgIpc) is 2.75. The highest BCUT2D eigenvalue weighted by molar-refractivity contribution is 5.93. The zero-order valence-corrected chi connectivity index (χ0v) is 22.5. The lowest BCUT2D eigenvalue weighted by atomic mass is 9.62. The van der Waals surface area contributed by atoms with Crippen LogP contribution in [-0.4, -0.2) is 12.5 Å². The lowest BCUT2D eigenvalue weighted by molar-refractivity contribution is -0.117. The van der Waals surface area contributed by atoms with Crippen molar-refractivity contribution in [2.75, 3.05) is 6.54 Å². The summed E-state index contributed by atoms with van der Waals surface area (Å²) < 4.78 is 0. The van der Waals surface area contributed by atoms with Gasteiger partial charge in [0.15, 0.2) is 0 Å². The van der Waals surface area contributed by atoms with Crippen molar-refractivity contribution in [1.29, 1.82) is 0 Å². The first-order valence-electron chi connectivity index (χ1n) is 13.2. The van der Waals surface area contributed by atoms with E-state index in [4.69, 9.17) is 0 Å². The van der Waals surface area contributed by atoms with Gasteiger partial charge in [-0.15, -0.1) is 0 Å². The van der Waals surface area contributed by atoms with Gasteiger partial charge in [-0.2, -0.15) is 0 Å². The molecule has 0 radical (unpaired) electrons. The van der Waals surface area contributed by atoms with E-state index in [0.717, 1.165) is 24.5 Å². The number of amides is 1. The molecule has 0 aromatic heterocycles. The van der Waals surface area contributed by atoms with Gasteiger partial charge in [0.25, 0.3) is 0 Å². The molecule has 2 nitrogen and oxygen atoms in total. The van der Waals surface area contributed by atoms with Crippen molar-refractivity contribution in [2.24, 2.45) is 11.8 Å². The molecule has 0 saturated heterocycles. The van der Waals surface area contributed by atoms with Crippen molar-refractivity contribution < 1.29 is 4.79 Å². The molecule has 1 N–H and O–H groups in total. The lowest BCUT2D eigenvalue weighted by Crippen LogP contribution is -2.34. The molecule has 0 atom stereocenters. The number of allylic oxidation sites excluding steroid dienone is 3. The number of carbonyl (C=O) groups is 1. The van der Waals surface area contributed by atoms with E-state index < -0.39 is 0 Å². The number of carbonyl (C=O) groups excluding carboxylic acids is 1. The molecule has 2 aliphatic rings. The molecule has 1 aromatic carbocycles. The Bertz CT molecular complexity index is 922. The summed E-state index contributed by atoms with van der Waals surface area (Å²) in [7, 11) is 0. The topological polar surface area (TPSA) is 29.1 Å². The number of fused-ring (bicyclic) bond motifs is 1. The van der Waals surface area contributed by atoms with Crippen LogP contribution >= 0.6 is 0 Å². The molecule has 0 heterocycles. The zero-order valence-electron chi connectivity index (χ0n) is 22.5. The number of rotatable bonds is 6. The van der Waals surface area contributed by atoms with Crippen molar-refractivity contribution in [3.63, 3.8) is 0 Å². The van der Waals surface area contributed by atoms with Crippen LogP contribution in [0.1, 0.15) is 109 Å². The molecular weight excluding hydrogens is 402 g/mol. The van der Waals surface area contributed by atoms with Crippen molar-refractivity contribution in [3.8, 4) is 0 Å². The number of hydrogen-bond donors (Lipinski definition) is 1. The Labute approximate surface area is 203 Å². The van der Waals surface area contributed by atoms with Crippen LogP contribution < -0.4 is 5.32 Å². The van der Waals surface area contributed by atoms with Crippen LogP contribution in [0.15, 0.2) is 35.4 Å². The SMILES string of the molecule is C/C(=C\C=C(/C)C(=O)NCC1CCC(C)CC1)Cc1cc2c(cc1C)C(C)(C)CCC2(C)C. The van der Waals surface area contributed by atoms with Gasteiger partial charge in [-0.1, -0.05) is 77.3 Å². The fraction of sp³-hybridized carbons (Fsp3) is 0.645. The number of aryl methyl sites for hydroxylation is 1. The number of hydrogen-bond acceptors (Lipinski definition) is 1. The molecule has 2 heteroatoms. The minimum absolute atomic E-state index is 0.0756. The van der Waals surface area contributed by atoms with E-state index in [0.29, 0.717) is 5.92 Å². The second-order valence-corrected chi connectivity index (χ2v) is 12.5. The third kappa shape index (κ3) is 6.40. The van der Waals surface area contributed by atoms with Gasteiger partial charge in [0.1, 0.15) is 0 Å². The Morgan fingerprint density at radius 2 is 1.55 bits per heavy atom. The van der Waals surface area contributed by atoms with E-state index in [9.17, 15) is 4.79 Å². The molecule has 1 saturated carbocycles. The molecule has 1 fully saturated rings. The van der Waals surface area contributed by atoms with Crippen LogP contribution in [0.2, 0.25) is 0 Å². The maximum Gasteiger partial charge on any atom is 0.246 e. The predicted octanol–water partition coefficient (Wildman–Crippen LogP) is 7.72. The Kier molecular flexibility index (Phi) is 7.97. The predicted molar refractivity (Wildman–Crippen MR) is 142 cm³/mol. The van der Waals surface area contributed by atoms with Crippen LogP contribution in [0.5, 0.6) is 0 Å². The summed E-state index contributed by atoms with van der Waals surface area (Å²) in [4.78, 5) is 12.6. The lowest BCUT2D eigenvalue weighted by Gasteiger charge is -2.42. The molecule has 1 amide bonds. The summed E-state index contributed by atoms with van der Waals surface area (Å²) >= 11 is 0. The molecule has 3 rings (SSSR count). The van der Waals surface area contributed by atoms with Gasteiger partial charge >= 0.3 is 0 Å². The Morgan fingerprint density at radius 3 is 2.15 bits per heavy atom. The van der Waals surface area contributed by atoms with Crippen LogP contribution in [0.3, 0.4) is 0 Å². The molecule has 1 aromatic rings. The second kappa shape index (κ2) is 10.2. The molecular formula is C31H47NO. The maximum absolute atomic E-state index is 12.6. The van der Waals surface area contributed by atoms with Gasteiger partial charge in [-0.25, -0.2) is 0 Å². The van der Waals surface area contributed by atoms with Gasteiger partial charge in [0.2, 0.25) is 5.91 Å². The van der Waals surface area contributed by atoms with Gasteiger partial charge < -0.3 is 5.32 Å². The molecule has 182 valence electrons. The summed E-state index contributed by atoms with van der Waals surface area (Å²) in [5.41, 5.74) is 8.42. The van der Waals surface area contributed by atoms with Crippen LogP contribution in [0, 0.1) is 18.8 Å². The van der Waals surface area contributed by atoms with E-state index >= 15 is 0 Å². The van der Waals surface area contributed by atoms with E-state index in [-0.39, 0.29) is 16.7 Å². The maximum atomic E-state index is 12.6. The van der Waals surface area contributed by atoms with E-state index in [1.807, 2.05) is 13.0 Å². The highest BCUT2D eigenvalue weighted by Gasteiger charge is 2.37. The third-order valence-electron chi connectivity index (χ3n) is 8.44. The molecule has 0 spiro atoms. The molecule has 0 aliphatic heterocycles. The van der Waals surface area contributed by atoms with Gasteiger partial charge in [0.05, 0.1) is 0 Å². The monoisotopic (exact) mass is 449 g/mol. The van der Waals surface area contributed by atoms with Gasteiger partial charge in [-0.05, 0) is 97.8 Å². The Morgan fingerprint density at radius 1 is 0.970 bits per heavy atom. The van der Waals surface area contributed by atoms with Crippen molar-refractivity contribution >= 4 is 5.91 Å². The standard InChI is InChI=1S/C31H47NO/c1-21-10-13-25(14-11-21)20-32-29(33)23(3)12-9-22(2)17-26-19-28-27(18-24(26)4)30(5,6)15-16-31(28,7)8/h9,12,18-19,21,25H,10-11,13-17,20H2,1-8H3,(H,32,33)/b22-9+,23-12+. The number of nitrogens with one attached hydrogen (secondary N) is 1. The first-order chi connectivity index (χ1) is 15.4. The van der Waals surface area contributed by atoms with Gasteiger partial charge in [0, 0.05) is 12.1 Å². The fourth-order valence-electron chi connectivity index (χ4n) is 5.57. The summed E-state index contributed by atoms with van der Waals surface area (Å²) in [5, 5.41) is 3.16. The number of benzene rings is 1. The molecule has 2 aliphatic carbocycles. The summed E-state index contributed by atoms with van der Waals surface area (Å²) in [6, 6.07) is 4.91. The quantitative estimate of drug-likeness (QED) is 0.349. The largest absolute Gasteiger partial charge is 0.352 e. The summed E-state index contributed by atoms with van der Waals surface area (Å²) in [6.07, 6.45) is 12.6. The van der Waals surface area contributed by atoms with Gasteiger partial charge in [-0.3, -0.25) is 4.79 Å². The van der Waals surface area contributed by atoms with E-state index in [1.54, 1.807) is 0 Å².